The van der Waals surface area contributed by atoms with Crippen LogP contribution in [0.5, 0.6) is 5.75 Å². The lowest BCUT2D eigenvalue weighted by molar-refractivity contribution is -0.128. The third-order valence-corrected chi connectivity index (χ3v) is 8.20. The highest BCUT2D eigenvalue weighted by atomic mass is 16.6. The molecule has 0 fully saturated rings. The van der Waals surface area contributed by atoms with Crippen LogP contribution in [0, 0.1) is 20.8 Å². The minimum absolute atomic E-state index is 0.00874. The minimum atomic E-state index is -1.24. The van der Waals surface area contributed by atoms with E-state index in [1.807, 2.05) is 62.4 Å². The summed E-state index contributed by atoms with van der Waals surface area (Å²) in [7, 11) is 0. The zero-order valence-electron chi connectivity index (χ0n) is 29.7. The molecule has 0 saturated carbocycles. The summed E-state index contributed by atoms with van der Waals surface area (Å²) in [6.45, 7) is 14.1. The van der Waals surface area contributed by atoms with Crippen molar-refractivity contribution in [3.8, 4) is 5.75 Å². The van der Waals surface area contributed by atoms with Gasteiger partial charge in [-0.25, -0.2) is 9.59 Å². The van der Waals surface area contributed by atoms with Crippen molar-refractivity contribution in [3.05, 3.63) is 100 Å². The number of aromatic hydroxyl groups is 1. The second-order valence-electron chi connectivity index (χ2n) is 14.0. The quantitative estimate of drug-likeness (QED) is 0.159. The summed E-state index contributed by atoms with van der Waals surface area (Å²) >= 11 is 0. The lowest BCUT2D eigenvalue weighted by Gasteiger charge is -2.33. The molecule has 3 aromatic rings. The van der Waals surface area contributed by atoms with Crippen LogP contribution in [0.4, 0.5) is 9.59 Å². The van der Waals surface area contributed by atoms with E-state index in [1.165, 1.54) is 0 Å². The number of aryl methyl sites for hydroxylation is 1. The first-order valence-electron chi connectivity index (χ1n) is 16.3. The van der Waals surface area contributed by atoms with Crippen LogP contribution in [-0.4, -0.2) is 68.9 Å². The molecule has 0 saturated heterocycles. The number of amides is 4. The van der Waals surface area contributed by atoms with E-state index in [1.54, 1.807) is 59.7 Å². The van der Waals surface area contributed by atoms with Crippen molar-refractivity contribution in [1.82, 2.24) is 20.9 Å². The van der Waals surface area contributed by atoms with E-state index < -0.39 is 47.2 Å². The maximum atomic E-state index is 13.8. The zero-order chi connectivity index (χ0) is 36.5. The molecule has 0 aliphatic heterocycles. The van der Waals surface area contributed by atoms with Crippen LogP contribution in [0.3, 0.4) is 0 Å². The number of hydrogen-bond acceptors (Lipinski definition) is 6. The third-order valence-electron chi connectivity index (χ3n) is 8.20. The number of phenolic OH excluding ortho intramolecular Hbond substituents is 1. The second-order valence-corrected chi connectivity index (χ2v) is 14.0. The average molecular weight is 675 g/mol. The smallest absolute Gasteiger partial charge is 0.408 e. The van der Waals surface area contributed by atoms with Crippen molar-refractivity contribution in [1.29, 1.82) is 0 Å². The lowest BCUT2D eigenvalue weighted by atomic mass is 9.92. The van der Waals surface area contributed by atoms with E-state index in [9.17, 15) is 29.4 Å². The summed E-state index contributed by atoms with van der Waals surface area (Å²) in [4.78, 5) is 54.1. The summed E-state index contributed by atoms with van der Waals surface area (Å²) in [5.74, 6) is -0.877. The van der Waals surface area contributed by atoms with Gasteiger partial charge in [0.15, 0.2) is 0 Å². The molecule has 0 unspecified atom stereocenters. The normalized spacial score (nSPS) is 12.7. The van der Waals surface area contributed by atoms with Crippen molar-refractivity contribution in [2.75, 3.05) is 6.54 Å². The lowest BCUT2D eigenvalue weighted by Crippen LogP contribution is -2.59. The van der Waals surface area contributed by atoms with Gasteiger partial charge in [0, 0.05) is 25.9 Å². The van der Waals surface area contributed by atoms with Crippen LogP contribution in [0.1, 0.15) is 68.0 Å². The number of alkyl carbamates (subject to hydrolysis) is 1. The van der Waals surface area contributed by atoms with Crippen LogP contribution in [0.25, 0.3) is 0 Å². The van der Waals surface area contributed by atoms with Gasteiger partial charge in [-0.1, -0.05) is 60.7 Å². The molecule has 5 N–H and O–H groups in total. The number of benzene rings is 3. The van der Waals surface area contributed by atoms with Gasteiger partial charge in [-0.2, -0.15) is 0 Å². The number of phenols is 1. The van der Waals surface area contributed by atoms with Crippen LogP contribution in [0.15, 0.2) is 66.7 Å². The molecule has 49 heavy (non-hydrogen) atoms. The first-order valence-corrected chi connectivity index (χ1v) is 16.3. The molecule has 11 nitrogen and oxygen atoms in total. The fourth-order valence-corrected chi connectivity index (χ4v) is 5.46. The highest BCUT2D eigenvalue weighted by molar-refractivity contribution is 5.87. The molecule has 2 atom stereocenters. The van der Waals surface area contributed by atoms with E-state index in [0.29, 0.717) is 5.56 Å². The number of ether oxygens (including phenoxy) is 1. The molecule has 0 aromatic heterocycles. The largest absolute Gasteiger partial charge is 0.508 e. The Balaban J connectivity index is 1.82. The fourth-order valence-electron chi connectivity index (χ4n) is 5.46. The summed E-state index contributed by atoms with van der Waals surface area (Å²) in [5, 5.41) is 29.0. The molecule has 11 heteroatoms. The first kappa shape index (κ1) is 38.4. The van der Waals surface area contributed by atoms with Crippen LogP contribution >= 0.6 is 0 Å². The third kappa shape index (κ3) is 11.5. The Hall–Kier alpha value is -5.06. The standard InChI is InChI=1S/C38H50N4O7/c1-24-19-32(43)26(3)25(2)29(24)21-30(40-35(46)49-37(4,5)6)33(44)41-38(7,8)23-39-34(45)31(20-27-15-11-9-12-16-27)42(36(47)48)22-28-17-13-10-14-18-28/h9-19,30-31,43H,20-23H2,1-8H3,(H,39,45)(H,40,46)(H,41,44)(H,47,48)/t30-,31-/m0/s1. The predicted octanol–water partition coefficient (Wildman–Crippen LogP) is 5.56. The number of carbonyl (C=O) groups is 4. The zero-order valence-corrected chi connectivity index (χ0v) is 29.7. The Morgan fingerprint density at radius 3 is 1.94 bits per heavy atom. The Kier molecular flexibility index (Phi) is 12.8. The fraction of sp³-hybridized carbons (Fsp3) is 0.421. The van der Waals surface area contributed by atoms with Gasteiger partial charge in [0.2, 0.25) is 11.8 Å². The van der Waals surface area contributed by atoms with E-state index in [-0.39, 0.29) is 31.7 Å². The highest BCUT2D eigenvalue weighted by Gasteiger charge is 2.34. The molecule has 0 heterocycles. The molecule has 0 radical (unpaired) electrons. The number of hydrogen-bond donors (Lipinski definition) is 5. The molecule has 0 aliphatic rings. The van der Waals surface area contributed by atoms with Gasteiger partial charge in [0.05, 0.1) is 5.54 Å². The Labute approximate surface area is 289 Å². The maximum Gasteiger partial charge on any atom is 0.408 e. The maximum absolute atomic E-state index is 13.8. The van der Waals surface area contributed by atoms with Crippen LogP contribution in [-0.2, 0) is 33.7 Å². The van der Waals surface area contributed by atoms with Crippen molar-refractivity contribution < 1.29 is 34.1 Å². The Morgan fingerprint density at radius 2 is 1.39 bits per heavy atom. The molecule has 0 aliphatic carbocycles. The monoisotopic (exact) mass is 674 g/mol. The molecule has 3 rings (SSSR count). The summed E-state index contributed by atoms with van der Waals surface area (Å²) in [6.07, 6.45) is -1.73. The van der Waals surface area contributed by atoms with Crippen molar-refractivity contribution in [3.63, 3.8) is 0 Å². The van der Waals surface area contributed by atoms with Gasteiger partial charge in [-0.15, -0.1) is 0 Å². The second kappa shape index (κ2) is 16.4. The molecule has 4 amide bonds. The number of carboxylic acid groups (broad SMARTS) is 1. The molecule has 0 spiro atoms. The molecule has 3 aromatic carbocycles. The number of rotatable bonds is 13. The minimum Gasteiger partial charge on any atom is -0.508 e. The topological polar surface area (TPSA) is 157 Å². The predicted molar refractivity (Wildman–Crippen MR) is 188 cm³/mol. The first-order chi connectivity index (χ1) is 22.9. The van der Waals surface area contributed by atoms with E-state index in [4.69, 9.17) is 4.74 Å². The number of nitrogens with zero attached hydrogens (tertiary/aromatic N) is 1. The van der Waals surface area contributed by atoms with Gasteiger partial charge in [0.1, 0.15) is 23.4 Å². The van der Waals surface area contributed by atoms with Crippen LogP contribution in [0.2, 0.25) is 0 Å². The molecular formula is C38H50N4O7. The molecule has 264 valence electrons. The van der Waals surface area contributed by atoms with Gasteiger partial charge in [-0.05, 0) is 94.8 Å². The molecular weight excluding hydrogens is 624 g/mol. The Bertz CT molecular complexity index is 1620. The van der Waals surface area contributed by atoms with Crippen LogP contribution < -0.4 is 16.0 Å². The van der Waals surface area contributed by atoms with Gasteiger partial charge in [-0.3, -0.25) is 14.5 Å². The van der Waals surface area contributed by atoms with E-state index in [2.05, 4.69) is 16.0 Å². The van der Waals surface area contributed by atoms with Gasteiger partial charge in [0.25, 0.3) is 0 Å². The average Bonchev–Trinajstić information content (AvgIpc) is 3.01. The van der Waals surface area contributed by atoms with Crippen molar-refractivity contribution >= 4 is 24.0 Å². The van der Waals surface area contributed by atoms with Gasteiger partial charge < -0.3 is 30.9 Å². The summed E-state index contributed by atoms with van der Waals surface area (Å²) in [5.41, 5.74) is 2.76. The van der Waals surface area contributed by atoms with E-state index in [0.717, 1.165) is 32.7 Å². The highest BCUT2D eigenvalue weighted by Crippen LogP contribution is 2.28. The Morgan fingerprint density at radius 1 is 0.816 bits per heavy atom. The van der Waals surface area contributed by atoms with Gasteiger partial charge >= 0.3 is 12.2 Å². The number of nitrogens with one attached hydrogen (secondary N) is 3. The van der Waals surface area contributed by atoms with E-state index >= 15 is 0 Å². The molecule has 0 bridgehead atoms. The number of carbonyl (C=O) groups excluding carboxylic acids is 3. The van der Waals surface area contributed by atoms with Crippen molar-refractivity contribution in [2.45, 2.75) is 98.0 Å². The summed E-state index contributed by atoms with van der Waals surface area (Å²) < 4.78 is 5.45. The SMILES string of the molecule is Cc1cc(O)c(C)c(C)c1C[C@H](NC(=O)OC(C)(C)C)C(=O)NC(C)(C)CNC(=O)[C@H](Cc1ccccc1)N(Cc1ccccc1)C(=O)O. The van der Waals surface area contributed by atoms with Crippen molar-refractivity contribution in [2.24, 2.45) is 0 Å². The summed E-state index contributed by atoms with van der Waals surface area (Å²) in [6, 6.07) is 17.8.